The summed E-state index contributed by atoms with van der Waals surface area (Å²) in [6.07, 6.45) is 2.70. The van der Waals surface area contributed by atoms with Crippen molar-refractivity contribution >= 4 is 23.5 Å². The molecule has 0 saturated carbocycles. The number of hydrogen-bond donors (Lipinski definition) is 1. The molecule has 0 bridgehead atoms. The minimum atomic E-state index is -0.320. The van der Waals surface area contributed by atoms with Crippen LogP contribution in [0.5, 0.6) is 0 Å². The topological polar surface area (TPSA) is 92.4 Å². The summed E-state index contributed by atoms with van der Waals surface area (Å²) in [6, 6.07) is 5.97. The van der Waals surface area contributed by atoms with Gasteiger partial charge in [0.25, 0.3) is 0 Å². The van der Waals surface area contributed by atoms with Crippen LogP contribution in [0, 0.1) is 19.8 Å². The first-order chi connectivity index (χ1) is 12.9. The van der Waals surface area contributed by atoms with E-state index < -0.39 is 0 Å². The van der Waals surface area contributed by atoms with E-state index >= 15 is 0 Å². The number of amides is 2. The molecule has 140 valence electrons. The van der Waals surface area contributed by atoms with Crippen LogP contribution in [0.15, 0.2) is 24.4 Å². The zero-order valence-electron chi connectivity index (χ0n) is 15.6. The highest BCUT2D eigenvalue weighted by Gasteiger charge is 2.38. The first-order valence-electron chi connectivity index (χ1n) is 9.19. The van der Waals surface area contributed by atoms with E-state index in [2.05, 4.69) is 9.97 Å². The molecule has 27 heavy (non-hydrogen) atoms. The van der Waals surface area contributed by atoms with Crippen molar-refractivity contribution in [2.45, 2.75) is 33.2 Å². The standard InChI is InChI=1S/C20H23N5O2/c1-12-3-4-16(7-13(12)2)25-10-15(8-18(25)26)19(27)24-6-5-14-9-22-20(21)23-17(14)11-24/h3-4,7,9,15H,5-6,8,10-11H2,1-2H3,(H2,21,22,23). The van der Waals surface area contributed by atoms with Crippen LogP contribution in [0.2, 0.25) is 0 Å². The van der Waals surface area contributed by atoms with Crippen molar-refractivity contribution in [3.63, 3.8) is 0 Å². The first kappa shape index (κ1) is 17.5. The number of fused-ring (bicyclic) bond motifs is 1. The predicted molar refractivity (Wildman–Crippen MR) is 102 cm³/mol. The monoisotopic (exact) mass is 365 g/mol. The molecule has 2 aliphatic rings. The van der Waals surface area contributed by atoms with E-state index in [9.17, 15) is 9.59 Å². The van der Waals surface area contributed by atoms with E-state index in [0.717, 1.165) is 22.5 Å². The third-order valence-electron chi connectivity index (χ3n) is 5.55. The molecule has 1 atom stereocenters. The summed E-state index contributed by atoms with van der Waals surface area (Å²) in [5.41, 5.74) is 10.7. The first-order valence-corrected chi connectivity index (χ1v) is 9.19. The van der Waals surface area contributed by atoms with Gasteiger partial charge in [0.05, 0.1) is 18.2 Å². The van der Waals surface area contributed by atoms with Crippen molar-refractivity contribution < 1.29 is 9.59 Å². The van der Waals surface area contributed by atoms with Crippen molar-refractivity contribution in [2.24, 2.45) is 5.92 Å². The van der Waals surface area contributed by atoms with Crippen molar-refractivity contribution in [1.82, 2.24) is 14.9 Å². The Bertz CT molecular complexity index is 927. The average Bonchev–Trinajstić information content (AvgIpc) is 3.04. The predicted octanol–water partition coefficient (Wildman–Crippen LogP) is 1.61. The molecule has 7 heteroatoms. The molecule has 3 heterocycles. The molecule has 0 radical (unpaired) electrons. The largest absolute Gasteiger partial charge is 0.368 e. The normalized spacial score (nSPS) is 19.3. The molecule has 1 saturated heterocycles. The van der Waals surface area contributed by atoms with Gasteiger partial charge >= 0.3 is 0 Å². The molecule has 2 N–H and O–H groups in total. The summed E-state index contributed by atoms with van der Waals surface area (Å²) >= 11 is 0. The van der Waals surface area contributed by atoms with Crippen LogP contribution in [0.3, 0.4) is 0 Å². The lowest BCUT2D eigenvalue weighted by Gasteiger charge is -2.30. The molecule has 2 amide bonds. The summed E-state index contributed by atoms with van der Waals surface area (Å²) in [6.45, 7) is 5.54. The van der Waals surface area contributed by atoms with Crippen LogP contribution in [-0.4, -0.2) is 39.8 Å². The zero-order chi connectivity index (χ0) is 19.1. The smallest absolute Gasteiger partial charge is 0.228 e. The fourth-order valence-electron chi connectivity index (χ4n) is 3.78. The molecule has 4 rings (SSSR count). The summed E-state index contributed by atoms with van der Waals surface area (Å²) in [7, 11) is 0. The maximum atomic E-state index is 13.0. The van der Waals surface area contributed by atoms with Gasteiger partial charge in [0, 0.05) is 31.4 Å². The molecule has 2 aromatic rings. The van der Waals surface area contributed by atoms with Gasteiger partial charge in [0.15, 0.2) is 0 Å². The van der Waals surface area contributed by atoms with Crippen LogP contribution in [0.4, 0.5) is 11.6 Å². The second-order valence-electron chi connectivity index (χ2n) is 7.38. The maximum absolute atomic E-state index is 13.0. The number of rotatable bonds is 2. The number of carbonyl (C=O) groups is 2. The second-order valence-corrected chi connectivity index (χ2v) is 7.38. The number of nitrogen functional groups attached to an aromatic ring is 1. The highest BCUT2D eigenvalue weighted by Crippen LogP contribution is 2.29. The summed E-state index contributed by atoms with van der Waals surface area (Å²) in [5.74, 6) is -0.0852. The Morgan fingerprint density at radius 1 is 1.26 bits per heavy atom. The lowest BCUT2D eigenvalue weighted by Crippen LogP contribution is -2.41. The number of carbonyl (C=O) groups excluding carboxylic acids is 2. The van der Waals surface area contributed by atoms with Gasteiger partial charge in [0.2, 0.25) is 17.8 Å². The van der Waals surface area contributed by atoms with Gasteiger partial charge in [-0.2, -0.15) is 0 Å². The van der Waals surface area contributed by atoms with Gasteiger partial charge in [0.1, 0.15) is 0 Å². The highest BCUT2D eigenvalue weighted by molar-refractivity contribution is 6.00. The average molecular weight is 365 g/mol. The Kier molecular flexibility index (Phi) is 4.30. The number of nitrogens with two attached hydrogens (primary N) is 1. The van der Waals surface area contributed by atoms with Crippen molar-refractivity contribution in [3.05, 3.63) is 46.8 Å². The van der Waals surface area contributed by atoms with E-state index in [4.69, 9.17) is 5.73 Å². The van der Waals surface area contributed by atoms with Crippen molar-refractivity contribution in [3.8, 4) is 0 Å². The Morgan fingerprint density at radius 3 is 2.85 bits per heavy atom. The van der Waals surface area contributed by atoms with E-state index in [0.29, 0.717) is 26.1 Å². The van der Waals surface area contributed by atoms with Crippen molar-refractivity contribution in [2.75, 3.05) is 23.7 Å². The quantitative estimate of drug-likeness (QED) is 0.873. The van der Waals surface area contributed by atoms with E-state index in [1.54, 1.807) is 16.0 Å². The Morgan fingerprint density at radius 2 is 2.07 bits per heavy atom. The second kappa shape index (κ2) is 6.64. The van der Waals surface area contributed by atoms with Crippen LogP contribution < -0.4 is 10.6 Å². The van der Waals surface area contributed by atoms with Crippen LogP contribution >= 0.6 is 0 Å². The third kappa shape index (κ3) is 3.25. The molecule has 1 fully saturated rings. The SMILES string of the molecule is Cc1ccc(N2CC(C(=O)N3CCc4cnc(N)nc4C3)CC2=O)cc1C. The van der Waals surface area contributed by atoms with Crippen molar-refractivity contribution in [1.29, 1.82) is 0 Å². The lowest BCUT2D eigenvalue weighted by atomic mass is 10.0. The van der Waals surface area contributed by atoms with Crippen LogP contribution in [-0.2, 0) is 22.6 Å². The number of hydrogen-bond acceptors (Lipinski definition) is 5. The maximum Gasteiger partial charge on any atom is 0.228 e. The summed E-state index contributed by atoms with van der Waals surface area (Å²) in [5, 5.41) is 0. The van der Waals surface area contributed by atoms with Gasteiger partial charge < -0.3 is 15.5 Å². The fourth-order valence-corrected chi connectivity index (χ4v) is 3.78. The molecule has 2 aliphatic heterocycles. The highest BCUT2D eigenvalue weighted by atomic mass is 16.2. The van der Waals surface area contributed by atoms with E-state index in [1.165, 1.54) is 5.56 Å². The van der Waals surface area contributed by atoms with Gasteiger partial charge in [-0.1, -0.05) is 6.07 Å². The van der Waals surface area contributed by atoms with Crippen LogP contribution in [0.1, 0.15) is 28.8 Å². The summed E-state index contributed by atoms with van der Waals surface area (Å²) < 4.78 is 0. The Balaban J connectivity index is 1.49. The molecule has 0 aliphatic carbocycles. The summed E-state index contributed by atoms with van der Waals surface area (Å²) in [4.78, 5) is 37.3. The molecular formula is C20H23N5O2. The number of anilines is 2. The minimum absolute atomic E-state index is 0.000539. The fraction of sp³-hybridized carbons (Fsp3) is 0.400. The molecule has 0 spiro atoms. The lowest BCUT2D eigenvalue weighted by molar-refractivity contribution is -0.136. The molecule has 1 aromatic carbocycles. The number of aryl methyl sites for hydroxylation is 2. The van der Waals surface area contributed by atoms with E-state index in [1.807, 2.05) is 32.0 Å². The Hall–Kier alpha value is -2.96. The molecule has 1 unspecified atom stereocenters. The van der Waals surface area contributed by atoms with Crippen LogP contribution in [0.25, 0.3) is 0 Å². The van der Waals surface area contributed by atoms with Gasteiger partial charge in [-0.05, 0) is 49.1 Å². The number of benzene rings is 1. The molecule has 1 aromatic heterocycles. The third-order valence-corrected chi connectivity index (χ3v) is 5.55. The number of nitrogens with zero attached hydrogens (tertiary/aromatic N) is 4. The number of aromatic nitrogens is 2. The van der Waals surface area contributed by atoms with Gasteiger partial charge in [-0.3, -0.25) is 9.59 Å². The van der Waals surface area contributed by atoms with E-state index in [-0.39, 0.29) is 30.1 Å². The van der Waals surface area contributed by atoms with Gasteiger partial charge in [-0.25, -0.2) is 9.97 Å². The van der Waals surface area contributed by atoms with Gasteiger partial charge in [-0.15, -0.1) is 0 Å². The molecular weight excluding hydrogens is 342 g/mol. The molecule has 7 nitrogen and oxygen atoms in total. The zero-order valence-corrected chi connectivity index (χ0v) is 15.6. The minimum Gasteiger partial charge on any atom is -0.368 e. The Labute approximate surface area is 158 Å².